The van der Waals surface area contributed by atoms with Crippen LogP contribution in [0.25, 0.3) is 10.1 Å². The lowest BCUT2D eigenvalue weighted by Gasteiger charge is -2.20. The van der Waals surface area contributed by atoms with Gasteiger partial charge in [0.25, 0.3) is 0 Å². The molecule has 7 nitrogen and oxygen atoms in total. The van der Waals surface area contributed by atoms with Crippen LogP contribution in [0.2, 0.25) is 10.0 Å². The number of nitrogens with one attached hydrogen (secondary N) is 3. The smallest absolute Gasteiger partial charge is 0.354 e. The molecule has 206 valence electrons. The Morgan fingerprint density at radius 1 is 1.00 bits per heavy atom. The van der Waals surface area contributed by atoms with Gasteiger partial charge in [-0.2, -0.15) is 13.2 Å². The first kappa shape index (κ1) is 30.2. The van der Waals surface area contributed by atoms with Gasteiger partial charge in [0.2, 0.25) is 21.8 Å². The van der Waals surface area contributed by atoms with Crippen LogP contribution in [0.5, 0.6) is 0 Å². The van der Waals surface area contributed by atoms with E-state index in [1.165, 1.54) is 29.5 Å². The van der Waals surface area contributed by atoms with Crippen LogP contribution in [0.3, 0.4) is 0 Å². The van der Waals surface area contributed by atoms with Crippen molar-refractivity contribution in [2.45, 2.75) is 42.8 Å². The first-order chi connectivity index (χ1) is 17.8. The number of unbranched alkanes of at least 4 members (excludes halogenated alkanes) is 1. The zero-order chi connectivity index (χ0) is 27.9. The second kappa shape index (κ2) is 13.1. The lowest BCUT2D eigenvalue weighted by molar-refractivity contribution is -0.151. The minimum atomic E-state index is -4.67. The van der Waals surface area contributed by atoms with Gasteiger partial charge in [-0.15, -0.1) is 11.3 Å². The van der Waals surface area contributed by atoms with Gasteiger partial charge in [0.1, 0.15) is 10.9 Å². The van der Waals surface area contributed by atoms with Crippen molar-refractivity contribution in [2.75, 3.05) is 13.1 Å². The molecule has 1 heterocycles. The first-order valence-electron chi connectivity index (χ1n) is 11.4. The fourth-order valence-corrected chi connectivity index (χ4v) is 6.44. The zero-order valence-electron chi connectivity index (χ0n) is 19.8. The Balaban J connectivity index is 1.47. The van der Waals surface area contributed by atoms with E-state index in [9.17, 15) is 31.2 Å². The lowest BCUT2D eigenvalue weighted by atomic mass is 10.1. The second-order valence-corrected chi connectivity index (χ2v) is 12.1. The van der Waals surface area contributed by atoms with Crippen molar-refractivity contribution in [3.8, 4) is 0 Å². The maximum Gasteiger partial charge on any atom is 0.391 e. The Kier molecular flexibility index (Phi) is 10.4. The summed E-state index contributed by atoms with van der Waals surface area (Å²) in [6.45, 7) is -0.00214. The molecule has 1 unspecified atom stereocenters. The summed E-state index contributed by atoms with van der Waals surface area (Å²) in [5.74, 6) is -1.67. The van der Waals surface area contributed by atoms with Crippen LogP contribution in [0.15, 0.2) is 53.4 Å². The van der Waals surface area contributed by atoms with Gasteiger partial charge in [0.05, 0.1) is 17.9 Å². The molecular weight excluding hydrogens is 586 g/mol. The SMILES string of the molecule is O=C(Cc1cc2ccccc2s1)NC(CC(F)(F)F)C(=O)NCCCCNS(=O)(=O)c1ccc(Cl)cc1Cl. The number of sulfonamides is 1. The van der Waals surface area contributed by atoms with Gasteiger partial charge in [-0.05, 0) is 48.6 Å². The summed E-state index contributed by atoms with van der Waals surface area (Å²) >= 11 is 13.0. The maximum absolute atomic E-state index is 13.1. The summed E-state index contributed by atoms with van der Waals surface area (Å²) in [4.78, 5) is 25.4. The van der Waals surface area contributed by atoms with Crippen LogP contribution in [-0.4, -0.2) is 45.5 Å². The van der Waals surface area contributed by atoms with Gasteiger partial charge in [-0.1, -0.05) is 41.4 Å². The molecule has 38 heavy (non-hydrogen) atoms. The number of thiophene rings is 1. The lowest BCUT2D eigenvalue weighted by Crippen LogP contribution is -2.49. The average molecular weight is 611 g/mol. The van der Waals surface area contributed by atoms with E-state index in [-0.39, 0.29) is 47.3 Å². The molecule has 3 aromatic rings. The second-order valence-electron chi connectivity index (χ2n) is 8.34. The Hall–Kier alpha value is -2.38. The Morgan fingerprint density at radius 3 is 2.39 bits per heavy atom. The van der Waals surface area contributed by atoms with Gasteiger partial charge >= 0.3 is 6.18 Å². The molecule has 3 rings (SSSR count). The number of fused-ring (bicyclic) bond motifs is 1. The van der Waals surface area contributed by atoms with E-state index < -0.39 is 40.5 Å². The van der Waals surface area contributed by atoms with E-state index in [4.69, 9.17) is 23.2 Å². The van der Waals surface area contributed by atoms with Crippen LogP contribution in [0.1, 0.15) is 24.1 Å². The molecule has 0 fully saturated rings. The van der Waals surface area contributed by atoms with Gasteiger partial charge in [0, 0.05) is 27.7 Å². The molecule has 0 aliphatic carbocycles. The topological polar surface area (TPSA) is 104 Å². The first-order valence-corrected chi connectivity index (χ1v) is 14.5. The standard InChI is InChI=1S/C24H24Cl2F3N3O4S2/c25-16-7-8-21(18(26)12-16)38(35,36)31-10-4-3-9-30-23(34)19(14-24(27,28)29)32-22(33)13-17-11-15-5-1-2-6-20(15)37-17/h1-2,5-8,11-12,19,31H,3-4,9-10,13-14H2,(H,30,34)(H,32,33). The number of halogens is 5. The number of rotatable bonds is 12. The fraction of sp³-hybridized carbons (Fsp3) is 0.333. The predicted molar refractivity (Wildman–Crippen MR) is 142 cm³/mol. The fourth-order valence-electron chi connectivity index (χ4n) is 3.53. The number of carbonyl (C=O) groups is 2. The molecular formula is C24H24Cl2F3N3O4S2. The summed E-state index contributed by atoms with van der Waals surface area (Å²) in [5.41, 5.74) is 0. The predicted octanol–water partition coefficient (Wildman–Crippen LogP) is 5.06. The number of alkyl halides is 3. The van der Waals surface area contributed by atoms with Crippen molar-refractivity contribution in [1.82, 2.24) is 15.4 Å². The highest BCUT2D eigenvalue weighted by atomic mass is 35.5. The average Bonchev–Trinajstić information content (AvgIpc) is 3.21. The number of hydrogen-bond acceptors (Lipinski definition) is 5. The van der Waals surface area contributed by atoms with Crippen molar-refractivity contribution < 1.29 is 31.2 Å². The van der Waals surface area contributed by atoms with Gasteiger partial charge in [-0.3, -0.25) is 9.59 Å². The van der Waals surface area contributed by atoms with E-state index in [0.717, 1.165) is 10.1 Å². The van der Waals surface area contributed by atoms with Crippen LogP contribution in [0, 0.1) is 0 Å². The van der Waals surface area contributed by atoms with E-state index in [1.54, 1.807) is 6.07 Å². The summed E-state index contributed by atoms with van der Waals surface area (Å²) in [7, 11) is -3.89. The maximum atomic E-state index is 13.1. The number of carbonyl (C=O) groups excluding carboxylic acids is 2. The highest BCUT2D eigenvalue weighted by Crippen LogP contribution is 2.27. The highest BCUT2D eigenvalue weighted by Gasteiger charge is 2.36. The summed E-state index contributed by atoms with van der Waals surface area (Å²) in [5, 5.41) is 5.73. The summed E-state index contributed by atoms with van der Waals surface area (Å²) in [6.07, 6.45) is -5.78. The molecule has 2 amide bonds. The molecule has 0 saturated heterocycles. The van der Waals surface area contributed by atoms with Crippen LogP contribution in [0.4, 0.5) is 13.2 Å². The molecule has 0 aliphatic rings. The van der Waals surface area contributed by atoms with E-state index in [0.29, 0.717) is 4.88 Å². The van der Waals surface area contributed by atoms with Gasteiger partial charge in [-0.25, -0.2) is 13.1 Å². The third-order valence-corrected chi connectivity index (χ3v) is 8.57. The van der Waals surface area contributed by atoms with Crippen molar-refractivity contribution in [1.29, 1.82) is 0 Å². The highest BCUT2D eigenvalue weighted by molar-refractivity contribution is 7.89. The molecule has 0 saturated carbocycles. The zero-order valence-corrected chi connectivity index (χ0v) is 22.9. The quantitative estimate of drug-likeness (QED) is 0.250. The minimum Gasteiger partial charge on any atom is -0.354 e. The molecule has 0 spiro atoms. The Labute approximate surface area is 231 Å². The summed E-state index contributed by atoms with van der Waals surface area (Å²) < 4.78 is 67.2. The largest absolute Gasteiger partial charge is 0.391 e. The van der Waals surface area contributed by atoms with Crippen LogP contribution in [-0.2, 0) is 26.0 Å². The van der Waals surface area contributed by atoms with E-state index in [2.05, 4.69) is 15.4 Å². The normalized spacial score (nSPS) is 12.9. The molecule has 1 aromatic heterocycles. The molecule has 2 aromatic carbocycles. The monoisotopic (exact) mass is 609 g/mol. The van der Waals surface area contributed by atoms with Crippen LogP contribution >= 0.6 is 34.5 Å². The van der Waals surface area contributed by atoms with Gasteiger partial charge < -0.3 is 10.6 Å². The molecule has 14 heteroatoms. The molecule has 0 radical (unpaired) electrons. The molecule has 0 bridgehead atoms. The van der Waals surface area contributed by atoms with Crippen molar-refractivity contribution >= 4 is 66.5 Å². The number of hydrogen-bond donors (Lipinski definition) is 3. The summed E-state index contributed by atoms with van der Waals surface area (Å²) in [6, 6.07) is 11.4. The van der Waals surface area contributed by atoms with Crippen LogP contribution < -0.4 is 15.4 Å². The van der Waals surface area contributed by atoms with Gasteiger partial charge in [0.15, 0.2) is 0 Å². The third-order valence-electron chi connectivity index (χ3n) is 5.28. The molecule has 3 N–H and O–H groups in total. The van der Waals surface area contributed by atoms with Crippen molar-refractivity contribution in [3.63, 3.8) is 0 Å². The minimum absolute atomic E-state index is 0.00897. The Morgan fingerprint density at radius 2 is 1.71 bits per heavy atom. The molecule has 0 aliphatic heterocycles. The molecule has 1 atom stereocenters. The number of amides is 2. The van der Waals surface area contributed by atoms with Crippen molar-refractivity contribution in [2.24, 2.45) is 0 Å². The van der Waals surface area contributed by atoms with E-state index >= 15 is 0 Å². The Bertz CT molecular complexity index is 1370. The van der Waals surface area contributed by atoms with Crippen molar-refractivity contribution in [3.05, 3.63) is 63.5 Å². The van der Waals surface area contributed by atoms with E-state index in [1.807, 2.05) is 24.3 Å². The third kappa shape index (κ3) is 9.12. The number of benzene rings is 2.